The number of aromatic nitrogens is 1. The quantitative estimate of drug-likeness (QED) is 0.550. The summed E-state index contributed by atoms with van der Waals surface area (Å²) < 4.78 is 49.2. The molecule has 1 aromatic rings. The maximum Gasteiger partial charge on any atom is 0.243 e. The van der Waals surface area contributed by atoms with Crippen LogP contribution in [0.2, 0.25) is 0 Å². The minimum Gasteiger partial charge on any atom is -0.308 e. The maximum atomic E-state index is 12.5. The normalized spacial score (nSPS) is 23.4. The van der Waals surface area contributed by atoms with E-state index in [2.05, 4.69) is 10.4 Å². The van der Waals surface area contributed by atoms with Crippen LogP contribution < -0.4 is 11.3 Å². The molecule has 1 aliphatic heterocycles. The molecular weight excluding hydrogens is 304 g/mol. The fourth-order valence-corrected chi connectivity index (χ4v) is 5.54. The number of sulfone groups is 1. The van der Waals surface area contributed by atoms with Gasteiger partial charge in [-0.05, 0) is 13.0 Å². The molecule has 1 saturated heterocycles. The Hall–Kier alpha value is -1.23. The van der Waals surface area contributed by atoms with Crippen LogP contribution in [0.15, 0.2) is 23.2 Å². The molecule has 8 nitrogen and oxygen atoms in total. The fourth-order valence-electron chi connectivity index (χ4n) is 2.13. The molecule has 1 atom stereocenters. The van der Waals surface area contributed by atoms with Crippen molar-refractivity contribution < 1.29 is 16.8 Å². The summed E-state index contributed by atoms with van der Waals surface area (Å²) in [4.78, 5) is 3.88. The van der Waals surface area contributed by atoms with Crippen LogP contribution in [0.4, 0.5) is 5.82 Å². The maximum absolute atomic E-state index is 12.5. The number of rotatable bonds is 3. The fraction of sp³-hybridized carbons (Fsp3) is 0.500. The molecule has 1 aliphatic rings. The van der Waals surface area contributed by atoms with Gasteiger partial charge in [-0.25, -0.2) is 27.7 Å². The first-order valence-electron chi connectivity index (χ1n) is 5.91. The minimum atomic E-state index is -3.76. The van der Waals surface area contributed by atoms with Crippen LogP contribution in [-0.4, -0.2) is 50.2 Å². The van der Waals surface area contributed by atoms with Gasteiger partial charge in [0.2, 0.25) is 10.0 Å². The molecule has 0 amide bonds. The number of pyridine rings is 1. The predicted molar refractivity (Wildman–Crippen MR) is 74.1 cm³/mol. The average Bonchev–Trinajstić information content (AvgIpc) is 2.37. The van der Waals surface area contributed by atoms with Crippen molar-refractivity contribution in [2.24, 2.45) is 5.84 Å². The number of nitrogen functional groups attached to an aromatic ring is 1. The Morgan fingerprint density at radius 1 is 1.50 bits per heavy atom. The SMILES string of the molecule is CC1CS(=O)(=O)CCN1S(=O)(=O)c1ccnc(NN)c1. The van der Waals surface area contributed by atoms with Crippen LogP contribution >= 0.6 is 0 Å². The van der Waals surface area contributed by atoms with Crippen LogP contribution in [0, 0.1) is 0 Å². The van der Waals surface area contributed by atoms with Crippen molar-refractivity contribution in [1.82, 2.24) is 9.29 Å². The molecule has 20 heavy (non-hydrogen) atoms. The van der Waals surface area contributed by atoms with E-state index in [0.29, 0.717) is 0 Å². The van der Waals surface area contributed by atoms with Gasteiger partial charge in [-0.2, -0.15) is 4.31 Å². The highest BCUT2D eigenvalue weighted by Gasteiger charge is 2.36. The Morgan fingerprint density at radius 2 is 2.20 bits per heavy atom. The summed E-state index contributed by atoms with van der Waals surface area (Å²) in [5, 5.41) is 0. The number of hydrogen-bond donors (Lipinski definition) is 2. The molecule has 112 valence electrons. The molecule has 1 fully saturated rings. The summed E-state index contributed by atoms with van der Waals surface area (Å²) in [6.07, 6.45) is 1.33. The Labute approximate surface area is 117 Å². The highest BCUT2D eigenvalue weighted by atomic mass is 32.2. The molecule has 1 unspecified atom stereocenters. The third kappa shape index (κ3) is 2.92. The van der Waals surface area contributed by atoms with Gasteiger partial charge in [-0.15, -0.1) is 0 Å². The highest BCUT2D eigenvalue weighted by Crippen LogP contribution is 2.23. The zero-order chi connectivity index (χ0) is 15.0. The van der Waals surface area contributed by atoms with E-state index in [4.69, 9.17) is 5.84 Å². The topological polar surface area (TPSA) is 122 Å². The van der Waals surface area contributed by atoms with Crippen molar-refractivity contribution in [2.75, 3.05) is 23.5 Å². The van der Waals surface area contributed by atoms with E-state index in [0.717, 1.165) is 0 Å². The predicted octanol–water partition coefficient (Wildman–Crippen LogP) is -0.825. The van der Waals surface area contributed by atoms with Crippen molar-refractivity contribution in [3.05, 3.63) is 18.3 Å². The smallest absolute Gasteiger partial charge is 0.243 e. The van der Waals surface area contributed by atoms with Crippen LogP contribution in [0.3, 0.4) is 0 Å². The summed E-state index contributed by atoms with van der Waals surface area (Å²) in [6, 6.07) is 2.07. The van der Waals surface area contributed by atoms with Gasteiger partial charge in [-0.1, -0.05) is 0 Å². The van der Waals surface area contributed by atoms with Crippen molar-refractivity contribution in [2.45, 2.75) is 17.9 Å². The summed E-state index contributed by atoms with van der Waals surface area (Å²) >= 11 is 0. The van der Waals surface area contributed by atoms with Crippen LogP contribution in [-0.2, 0) is 19.9 Å². The second-order valence-electron chi connectivity index (χ2n) is 4.60. The Morgan fingerprint density at radius 3 is 2.80 bits per heavy atom. The molecule has 0 spiro atoms. The van der Waals surface area contributed by atoms with Crippen LogP contribution in [0.25, 0.3) is 0 Å². The second kappa shape index (κ2) is 5.28. The second-order valence-corrected chi connectivity index (χ2v) is 8.72. The van der Waals surface area contributed by atoms with Gasteiger partial charge in [0, 0.05) is 24.8 Å². The molecule has 0 aliphatic carbocycles. The summed E-state index contributed by atoms with van der Waals surface area (Å²) in [5.41, 5.74) is 2.28. The van der Waals surface area contributed by atoms with Gasteiger partial charge < -0.3 is 5.43 Å². The largest absolute Gasteiger partial charge is 0.308 e. The molecule has 2 rings (SSSR count). The Balaban J connectivity index is 2.35. The zero-order valence-corrected chi connectivity index (χ0v) is 12.5. The molecule has 0 radical (unpaired) electrons. The summed E-state index contributed by atoms with van der Waals surface area (Å²) in [5.74, 6) is 5.10. The number of nitrogens with zero attached hydrogens (tertiary/aromatic N) is 2. The van der Waals surface area contributed by atoms with Crippen molar-refractivity contribution in [1.29, 1.82) is 0 Å². The number of anilines is 1. The van der Waals surface area contributed by atoms with E-state index in [1.807, 2.05) is 0 Å². The number of nitrogens with one attached hydrogen (secondary N) is 1. The Bertz CT molecular complexity index is 702. The van der Waals surface area contributed by atoms with Crippen molar-refractivity contribution in [3.8, 4) is 0 Å². The lowest BCUT2D eigenvalue weighted by molar-refractivity contribution is 0.357. The number of hydrogen-bond acceptors (Lipinski definition) is 7. The third-order valence-corrected chi connectivity index (χ3v) is 6.90. The van der Waals surface area contributed by atoms with E-state index in [1.54, 1.807) is 6.92 Å². The molecular formula is C10H16N4O4S2. The van der Waals surface area contributed by atoms with Gasteiger partial charge >= 0.3 is 0 Å². The molecule has 2 heterocycles. The first-order chi connectivity index (χ1) is 9.26. The molecule has 10 heteroatoms. The summed E-state index contributed by atoms with van der Waals surface area (Å²) in [6.45, 7) is 1.54. The van der Waals surface area contributed by atoms with Crippen molar-refractivity contribution >= 4 is 25.7 Å². The lowest BCUT2D eigenvalue weighted by Gasteiger charge is -2.32. The number of nitrogens with two attached hydrogens (primary N) is 1. The first-order valence-corrected chi connectivity index (χ1v) is 9.17. The van der Waals surface area contributed by atoms with Crippen LogP contribution in [0.5, 0.6) is 0 Å². The molecule has 0 saturated carbocycles. The number of sulfonamides is 1. The minimum absolute atomic E-state index is 0.0339. The van der Waals surface area contributed by atoms with E-state index in [1.165, 1.54) is 22.6 Å². The number of hydrazine groups is 1. The summed E-state index contributed by atoms with van der Waals surface area (Å²) in [7, 11) is -6.93. The standard InChI is InChI=1S/C10H16N4O4S2/c1-8-7-19(15,16)5-4-14(8)20(17,18)9-2-3-12-10(6-9)13-11/h2-3,6,8H,4-5,7,11H2,1H3,(H,12,13). The monoisotopic (exact) mass is 320 g/mol. The third-order valence-electron chi connectivity index (χ3n) is 3.10. The van der Waals surface area contributed by atoms with Gasteiger partial charge in [0.1, 0.15) is 5.82 Å². The van der Waals surface area contributed by atoms with E-state index in [-0.39, 0.29) is 28.8 Å². The average molecular weight is 320 g/mol. The van der Waals surface area contributed by atoms with Crippen LogP contribution in [0.1, 0.15) is 6.92 Å². The molecule has 3 N–H and O–H groups in total. The van der Waals surface area contributed by atoms with E-state index >= 15 is 0 Å². The van der Waals surface area contributed by atoms with Gasteiger partial charge in [0.05, 0.1) is 16.4 Å². The highest BCUT2D eigenvalue weighted by molar-refractivity contribution is 7.92. The van der Waals surface area contributed by atoms with E-state index < -0.39 is 25.9 Å². The lowest BCUT2D eigenvalue weighted by Crippen LogP contribution is -2.49. The molecule has 0 aromatic carbocycles. The van der Waals surface area contributed by atoms with Gasteiger partial charge in [0.25, 0.3) is 0 Å². The van der Waals surface area contributed by atoms with Crippen molar-refractivity contribution in [3.63, 3.8) is 0 Å². The Kier molecular flexibility index (Phi) is 4.00. The van der Waals surface area contributed by atoms with Gasteiger partial charge in [-0.3, -0.25) is 0 Å². The lowest BCUT2D eigenvalue weighted by atomic mass is 10.4. The molecule has 0 bridgehead atoms. The van der Waals surface area contributed by atoms with Gasteiger partial charge in [0.15, 0.2) is 9.84 Å². The molecule has 1 aromatic heterocycles. The zero-order valence-electron chi connectivity index (χ0n) is 10.9. The first kappa shape index (κ1) is 15.2. The van der Waals surface area contributed by atoms with E-state index in [9.17, 15) is 16.8 Å².